The maximum Gasteiger partial charge on any atom is 0.146 e. The van der Waals surface area contributed by atoms with Gasteiger partial charge in [-0.15, -0.1) is 0 Å². The zero-order chi connectivity index (χ0) is 9.40. The maximum absolute atomic E-state index is 9.13. The summed E-state index contributed by atoms with van der Waals surface area (Å²) in [6.45, 7) is 7.28. The molecule has 0 bridgehead atoms. The van der Waals surface area contributed by atoms with Crippen LogP contribution in [0.15, 0.2) is 18.0 Å². The first-order chi connectivity index (χ1) is 5.66. The second-order valence-corrected chi connectivity index (χ2v) is 2.49. The summed E-state index contributed by atoms with van der Waals surface area (Å²) < 4.78 is 4.74. The minimum Gasteiger partial charge on any atom is -0.499 e. The number of rotatable bonds is 6. The lowest BCUT2D eigenvalue weighted by molar-refractivity contribution is 0.00435. The van der Waals surface area contributed by atoms with Crippen molar-refractivity contribution in [3.05, 3.63) is 12.8 Å². The quantitative estimate of drug-likeness (QED) is 0.369. The van der Waals surface area contributed by atoms with Crippen molar-refractivity contribution in [3.63, 3.8) is 0 Å². The molecule has 0 aliphatic carbocycles. The van der Waals surface area contributed by atoms with Crippen LogP contribution in [-0.2, 0) is 9.57 Å². The van der Waals surface area contributed by atoms with E-state index in [1.807, 2.05) is 13.8 Å². The van der Waals surface area contributed by atoms with Crippen LogP contribution in [0.1, 0.15) is 13.8 Å². The number of nitrogens with zero attached hydrogens (tertiary/aromatic N) is 1. The van der Waals surface area contributed by atoms with Crippen molar-refractivity contribution in [1.29, 1.82) is 0 Å². The van der Waals surface area contributed by atoms with Crippen LogP contribution in [0.25, 0.3) is 0 Å². The van der Waals surface area contributed by atoms with Crippen molar-refractivity contribution in [2.45, 2.75) is 20.0 Å². The van der Waals surface area contributed by atoms with Gasteiger partial charge in [-0.25, -0.2) is 0 Å². The number of aliphatic hydroxyl groups is 1. The Labute approximate surface area is 72.5 Å². The molecule has 4 nitrogen and oxygen atoms in total. The summed E-state index contributed by atoms with van der Waals surface area (Å²) in [5.74, 6) is 0. The molecule has 0 aliphatic heterocycles. The normalized spacial score (nSPS) is 11.6. The Morgan fingerprint density at radius 3 is 2.75 bits per heavy atom. The summed E-state index contributed by atoms with van der Waals surface area (Å²) in [5, 5.41) is 12.8. The monoisotopic (exact) mass is 173 g/mol. The molecular formula is C8H15NO3. The van der Waals surface area contributed by atoms with Gasteiger partial charge in [-0.1, -0.05) is 11.7 Å². The van der Waals surface area contributed by atoms with Crippen LogP contribution in [0.4, 0.5) is 0 Å². The third kappa shape index (κ3) is 7.08. The van der Waals surface area contributed by atoms with E-state index < -0.39 is 6.10 Å². The Morgan fingerprint density at radius 2 is 2.25 bits per heavy atom. The minimum absolute atomic E-state index is 0.138. The molecule has 4 heteroatoms. The molecule has 0 saturated carbocycles. The zero-order valence-electron chi connectivity index (χ0n) is 7.49. The van der Waals surface area contributed by atoms with Gasteiger partial charge >= 0.3 is 0 Å². The van der Waals surface area contributed by atoms with Crippen molar-refractivity contribution < 1.29 is 14.7 Å². The van der Waals surface area contributed by atoms with E-state index in [-0.39, 0.29) is 13.2 Å². The molecule has 0 spiro atoms. The van der Waals surface area contributed by atoms with E-state index in [4.69, 9.17) is 14.7 Å². The van der Waals surface area contributed by atoms with Crippen LogP contribution in [0.3, 0.4) is 0 Å². The van der Waals surface area contributed by atoms with Gasteiger partial charge in [0.25, 0.3) is 0 Å². The SMILES string of the molecule is C=COCC(O)CON=C(C)C. The minimum atomic E-state index is -0.661. The third-order valence-electron chi connectivity index (χ3n) is 0.921. The van der Waals surface area contributed by atoms with Gasteiger partial charge in [0.2, 0.25) is 0 Å². The van der Waals surface area contributed by atoms with Crippen molar-refractivity contribution in [3.8, 4) is 0 Å². The van der Waals surface area contributed by atoms with E-state index in [0.29, 0.717) is 0 Å². The Hall–Kier alpha value is -1.03. The fourth-order valence-electron chi connectivity index (χ4n) is 0.480. The Morgan fingerprint density at radius 1 is 1.58 bits per heavy atom. The largest absolute Gasteiger partial charge is 0.499 e. The average Bonchev–Trinajstić information content (AvgIpc) is 2.00. The number of hydrogen-bond donors (Lipinski definition) is 1. The van der Waals surface area contributed by atoms with Gasteiger partial charge in [-0.05, 0) is 13.8 Å². The molecule has 1 N–H and O–H groups in total. The van der Waals surface area contributed by atoms with Crippen molar-refractivity contribution in [1.82, 2.24) is 0 Å². The van der Waals surface area contributed by atoms with Gasteiger partial charge in [0.05, 0.1) is 12.0 Å². The molecular weight excluding hydrogens is 158 g/mol. The summed E-state index contributed by atoms with van der Waals surface area (Å²) in [6, 6.07) is 0. The second-order valence-electron chi connectivity index (χ2n) is 2.49. The smallest absolute Gasteiger partial charge is 0.146 e. The zero-order valence-corrected chi connectivity index (χ0v) is 7.49. The molecule has 70 valence electrons. The first-order valence-electron chi connectivity index (χ1n) is 3.70. The second kappa shape index (κ2) is 6.67. The summed E-state index contributed by atoms with van der Waals surface area (Å²) in [6.07, 6.45) is 0.614. The van der Waals surface area contributed by atoms with E-state index in [1.54, 1.807) is 0 Å². The molecule has 0 saturated heterocycles. The van der Waals surface area contributed by atoms with E-state index in [9.17, 15) is 0 Å². The lowest BCUT2D eigenvalue weighted by Crippen LogP contribution is -2.19. The molecule has 0 amide bonds. The van der Waals surface area contributed by atoms with Gasteiger partial charge < -0.3 is 14.7 Å². The first kappa shape index (κ1) is 11.0. The highest BCUT2D eigenvalue weighted by molar-refractivity contribution is 5.78. The lowest BCUT2D eigenvalue weighted by atomic mass is 10.4. The topological polar surface area (TPSA) is 51.0 Å². The predicted molar refractivity (Wildman–Crippen MR) is 46.9 cm³/mol. The molecule has 0 aliphatic rings. The van der Waals surface area contributed by atoms with Crippen molar-refractivity contribution in [2.24, 2.45) is 5.16 Å². The van der Waals surface area contributed by atoms with Gasteiger partial charge in [-0.2, -0.15) is 0 Å². The number of ether oxygens (including phenoxy) is 1. The molecule has 0 heterocycles. The molecule has 0 aromatic carbocycles. The highest BCUT2D eigenvalue weighted by Crippen LogP contribution is 1.89. The standard InChI is InChI=1S/C8H15NO3/c1-4-11-5-8(10)6-12-9-7(2)3/h4,8,10H,1,5-6H2,2-3H3. The van der Waals surface area contributed by atoms with E-state index in [0.717, 1.165) is 5.71 Å². The van der Waals surface area contributed by atoms with Gasteiger partial charge in [0.15, 0.2) is 0 Å². The number of oxime groups is 1. The van der Waals surface area contributed by atoms with Crippen LogP contribution >= 0.6 is 0 Å². The number of hydrogen-bond acceptors (Lipinski definition) is 4. The Balaban J connectivity index is 3.37. The van der Waals surface area contributed by atoms with Gasteiger partial charge in [-0.3, -0.25) is 0 Å². The average molecular weight is 173 g/mol. The molecule has 1 atom stereocenters. The summed E-state index contributed by atoms with van der Waals surface area (Å²) in [4.78, 5) is 4.78. The van der Waals surface area contributed by atoms with Crippen LogP contribution in [0.2, 0.25) is 0 Å². The molecule has 0 aromatic heterocycles. The van der Waals surface area contributed by atoms with E-state index in [1.165, 1.54) is 6.26 Å². The molecule has 0 radical (unpaired) electrons. The highest BCUT2D eigenvalue weighted by Gasteiger charge is 2.03. The Bertz CT molecular complexity index is 152. The van der Waals surface area contributed by atoms with Crippen molar-refractivity contribution >= 4 is 5.71 Å². The fraction of sp³-hybridized carbons (Fsp3) is 0.625. The lowest BCUT2D eigenvalue weighted by Gasteiger charge is -2.07. The van der Waals surface area contributed by atoms with E-state index >= 15 is 0 Å². The van der Waals surface area contributed by atoms with Gasteiger partial charge in [0.1, 0.15) is 19.3 Å². The van der Waals surface area contributed by atoms with Crippen LogP contribution in [0.5, 0.6) is 0 Å². The maximum atomic E-state index is 9.13. The molecule has 0 fully saturated rings. The summed E-state index contributed by atoms with van der Waals surface area (Å²) >= 11 is 0. The molecule has 12 heavy (non-hydrogen) atoms. The van der Waals surface area contributed by atoms with Gasteiger partial charge in [0, 0.05) is 0 Å². The fourth-order valence-corrected chi connectivity index (χ4v) is 0.480. The molecule has 1 unspecified atom stereocenters. The summed E-state index contributed by atoms with van der Waals surface area (Å²) in [5.41, 5.74) is 0.812. The van der Waals surface area contributed by atoms with Crippen LogP contribution in [-0.4, -0.2) is 30.1 Å². The van der Waals surface area contributed by atoms with Crippen LogP contribution < -0.4 is 0 Å². The highest BCUT2D eigenvalue weighted by atomic mass is 16.6. The van der Waals surface area contributed by atoms with E-state index in [2.05, 4.69) is 11.7 Å². The third-order valence-corrected chi connectivity index (χ3v) is 0.921. The van der Waals surface area contributed by atoms with Crippen molar-refractivity contribution in [2.75, 3.05) is 13.2 Å². The predicted octanol–water partition coefficient (Wildman–Crippen LogP) is 0.920. The first-order valence-corrected chi connectivity index (χ1v) is 3.70. The molecule has 0 rings (SSSR count). The number of aliphatic hydroxyl groups excluding tert-OH is 1. The molecule has 0 aromatic rings. The Kier molecular flexibility index (Phi) is 6.09. The van der Waals surface area contributed by atoms with Crippen LogP contribution in [0, 0.1) is 0 Å². The summed E-state index contributed by atoms with van der Waals surface area (Å²) in [7, 11) is 0.